The molecule has 0 aliphatic carbocycles. The SMILES string of the molecule is O=C(CS(=O)(=O)c1ccc(Cl)cc1)N1CCCC1Cc1ccccc1. The number of hydrogen-bond donors (Lipinski definition) is 0. The molecule has 2 aromatic carbocycles. The lowest BCUT2D eigenvalue weighted by Gasteiger charge is -2.25. The maximum absolute atomic E-state index is 12.6. The standard InChI is InChI=1S/C19H20ClNO3S/c20-16-8-10-18(11-9-16)25(23,24)14-19(22)21-12-4-7-17(21)13-15-5-2-1-3-6-15/h1-3,5-6,8-11,17H,4,7,12-14H2. The van der Waals surface area contributed by atoms with E-state index in [0.717, 1.165) is 24.8 Å². The van der Waals surface area contributed by atoms with Gasteiger partial charge in [-0.15, -0.1) is 0 Å². The second-order valence-electron chi connectivity index (χ2n) is 6.29. The average molecular weight is 378 g/mol. The van der Waals surface area contributed by atoms with Gasteiger partial charge in [0, 0.05) is 17.6 Å². The fraction of sp³-hybridized carbons (Fsp3) is 0.316. The Morgan fingerprint density at radius 2 is 1.76 bits per heavy atom. The van der Waals surface area contributed by atoms with Crippen molar-refractivity contribution in [2.24, 2.45) is 0 Å². The largest absolute Gasteiger partial charge is 0.338 e. The van der Waals surface area contributed by atoms with Crippen LogP contribution in [0.5, 0.6) is 0 Å². The Kier molecular flexibility index (Phi) is 5.45. The van der Waals surface area contributed by atoms with Crippen LogP contribution in [-0.2, 0) is 21.1 Å². The van der Waals surface area contributed by atoms with Crippen molar-refractivity contribution in [3.63, 3.8) is 0 Å². The highest BCUT2D eigenvalue weighted by Gasteiger charge is 2.31. The number of carbonyl (C=O) groups excluding carboxylic acids is 1. The van der Waals surface area contributed by atoms with Gasteiger partial charge in [0.25, 0.3) is 0 Å². The first-order valence-corrected chi connectivity index (χ1v) is 10.3. The number of halogens is 1. The van der Waals surface area contributed by atoms with E-state index in [9.17, 15) is 13.2 Å². The predicted molar refractivity (Wildman–Crippen MR) is 98.4 cm³/mol. The third-order valence-electron chi connectivity index (χ3n) is 4.50. The van der Waals surface area contributed by atoms with E-state index in [1.807, 2.05) is 30.3 Å². The fourth-order valence-electron chi connectivity index (χ4n) is 3.23. The monoisotopic (exact) mass is 377 g/mol. The molecule has 1 atom stereocenters. The van der Waals surface area contributed by atoms with Gasteiger partial charge < -0.3 is 4.90 Å². The van der Waals surface area contributed by atoms with Crippen molar-refractivity contribution in [3.05, 3.63) is 65.2 Å². The molecule has 0 N–H and O–H groups in total. The predicted octanol–water partition coefficient (Wildman–Crippen LogP) is 3.35. The molecule has 1 unspecified atom stereocenters. The van der Waals surface area contributed by atoms with Crippen molar-refractivity contribution in [3.8, 4) is 0 Å². The van der Waals surface area contributed by atoms with Crippen LogP contribution in [0, 0.1) is 0 Å². The van der Waals surface area contributed by atoms with E-state index in [4.69, 9.17) is 11.6 Å². The van der Waals surface area contributed by atoms with Crippen molar-refractivity contribution < 1.29 is 13.2 Å². The first-order valence-electron chi connectivity index (χ1n) is 8.27. The second-order valence-corrected chi connectivity index (χ2v) is 8.71. The molecule has 0 spiro atoms. The van der Waals surface area contributed by atoms with Gasteiger partial charge >= 0.3 is 0 Å². The lowest BCUT2D eigenvalue weighted by molar-refractivity contribution is -0.129. The van der Waals surface area contributed by atoms with E-state index in [2.05, 4.69) is 0 Å². The molecule has 1 fully saturated rings. The molecule has 6 heteroatoms. The van der Waals surface area contributed by atoms with Crippen molar-refractivity contribution in [2.75, 3.05) is 12.3 Å². The molecule has 0 bridgehead atoms. The van der Waals surface area contributed by atoms with Crippen LogP contribution in [0.25, 0.3) is 0 Å². The summed E-state index contributed by atoms with van der Waals surface area (Å²) in [5.74, 6) is -0.826. The maximum atomic E-state index is 12.6. The van der Waals surface area contributed by atoms with Crippen LogP contribution in [0.3, 0.4) is 0 Å². The van der Waals surface area contributed by atoms with E-state index in [-0.39, 0.29) is 16.8 Å². The first-order chi connectivity index (χ1) is 12.0. The summed E-state index contributed by atoms with van der Waals surface area (Å²) < 4.78 is 25.0. The van der Waals surface area contributed by atoms with Crippen LogP contribution in [0.4, 0.5) is 0 Å². The number of rotatable bonds is 5. The molecule has 1 heterocycles. The number of benzene rings is 2. The van der Waals surface area contributed by atoms with Crippen molar-refractivity contribution in [1.82, 2.24) is 4.90 Å². The Morgan fingerprint density at radius 1 is 1.08 bits per heavy atom. The van der Waals surface area contributed by atoms with E-state index >= 15 is 0 Å². The summed E-state index contributed by atoms with van der Waals surface area (Å²) in [6, 6.07) is 16.0. The van der Waals surface area contributed by atoms with Gasteiger partial charge in [-0.3, -0.25) is 4.79 Å². The molecule has 25 heavy (non-hydrogen) atoms. The van der Waals surface area contributed by atoms with E-state index in [1.165, 1.54) is 24.3 Å². The fourth-order valence-corrected chi connectivity index (χ4v) is 4.57. The number of likely N-dealkylation sites (tertiary alicyclic amines) is 1. The van der Waals surface area contributed by atoms with Crippen LogP contribution in [0.15, 0.2) is 59.5 Å². The Morgan fingerprint density at radius 3 is 2.44 bits per heavy atom. The van der Waals surface area contributed by atoms with Gasteiger partial charge in [0.05, 0.1) is 4.90 Å². The Bertz CT molecular complexity index is 835. The second kappa shape index (κ2) is 7.58. The third-order valence-corrected chi connectivity index (χ3v) is 6.37. The van der Waals surface area contributed by atoms with Gasteiger partial charge in [0.15, 0.2) is 9.84 Å². The van der Waals surface area contributed by atoms with Gasteiger partial charge in [-0.05, 0) is 49.1 Å². The van der Waals surface area contributed by atoms with E-state index in [0.29, 0.717) is 11.6 Å². The number of hydrogen-bond acceptors (Lipinski definition) is 3. The maximum Gasteiger partial charge on any atom is 0.238 e. The number of carbonyl (C=O) groups is 1. The van der Waals surface area contributed by atoms with Gasteiger partial charge in [-0.2, -0.15) is 0 Å². The third kappa shape index (κ3) is 4.41. The lowest BCUT2D eigenvalue weighted by Crippen LogP contribution is -2.40. The minimum Gasteiger partial charge on any atom is -0.338 e. The summed E-state index contributed by atoms with van der Waals surface area (Å²) >= 11 is 5.80. The summed E-state index contributed by atoms with van der Waals surface area (Å²) in [5.41, 5.74) is 1.16. The smallest absolute Gasteiger partial charge is 0.238 e. The van der Waals surface area contributed by atoms with Crippen molar-refractivity contribution >= 4 is 27.3 Å². The van der Waals surface area contributed by atoms with Gasteiger partial charge in [-0.1, -0.05) is 41.9 Å². The van der Waals surface area contributed by atoms with E-state index in [1.54, 1.807) is 4.90 Å². The number of amides is 1. The number of nitrogens with zero attached hydrogens (tertiary/aromatic N) is 1. The summed E-state index contributed by atoms with van der Waals surface area (Å²) in [5, 5.41) is 0.466. The quantitative estimate of drug-likeness (QED) is 0.802. The van der Waals surface area contributed by atoms with Crippen LogP contribution >= 0.6 is 11.6 Å². The Hall–Kier alpha value is -1.85. The molecule has 4 nitrogen and oxygen atoms in total. The Labute approximate surface area is 153 Å². The summed E-state index contributed by atoms with van der Waals surface area (Å²) in [4.78, 5) is 14.5. The zero-order valence-electron chi connectivity index (χ0n) is 13.8. The van der Waals surface area contributed by atoms with E-state index < -0.39 is 15.6 Å². The van der Waals surface area contributed by atoms with Crippen molar-refractivity contribution in [2.45, 2.75) is 30.2 Å². The highest BCUT2D eigenvalue weighted by atomic mass is 35.5. The molecule has 1 saturated heterocycles. The van der Waals surface area contributed by atoms with Crippen LogP contribution < -0.4 is 0 Å². The highest BCUT2D eigenvalue weighted by molar-refractivity contribution is 7.92. The van der Waals surface area contributed by atoms with Gasteiger partial charge in [0.1, 0.15) is 5.75 Å². The average Bonchev–Trinajstić information content (AvgIpc) is 3.04. The topological polar surface area (TPSA) is 54.5 Å². The molecule has 1 amide bonds. The van der Waals surface area contributed by atoms with Crippen molar-refractivity contribution in [1.29, 1.82) is 0 Å². The van der Waals surface area contributed by atoms with Gasteiger partial charge in [-0.25, -0.2) is 8.42 Å². The molecule has 132 valence electrons. The molecule has 2 aromatic rings. The molecule has 0 aromatic heterocycles. The zero-order valence-corrected chi connectivity index (χ0v) is 15.3. The number of sulfone groups is 1. The minimum absolute atomic E-state index is 0.0651. The molecule has 0 saturated carbocycles. The molecule has 3 rings (SSSR count). The highest BCUT2D eigenvalue weighted by Crippen LogP contribution is 2.23. The molecule has 1 aliphatic rings. The molecular weight excluding hydrogens is 358 g/mol. The molecular formula is C19H20ClNO3S. The minimum atomic E-state index is -3.66. The normalized spacial score (nSPS) is 17.6. The molecule has 1 aliphatic heterocycles. The first kappa shape index (κ1) is 18.0. The van der Waals surface area contributed by atoms with Crippen LogP contribution in [0.1, 0.15) is 18.4 Å². The Balaban J connectivity index is 1.70. The summed E-state index contributed by atoms with van der Waals surface area (Å²) in [6.07, 6.45) is 2.57. The van der Waals surface area contributed by atoms with Gasteiger partial charge in [0.2, 0.25) is 5.91 Å². The summed E-state index contributed by atoms with van der Waals surface area (Å²) in [7, 11) is -3.66. The van der Waals surface area contributed by atoms with Crippen LogP contribution in [-0.4, -0.2) is 37.6 Å². The lowest BCUT2D eigenvalue weighted by atomic mass is 10.0. The summed E-state index contributed by atoms with van der Waals surface area (Å²) in [6.45, 7) is 0.618. The molecule has 0 radical (unpaired) electrons. The zero-order chi connectivity index (χ0) is 17.9. The van der Waals surface area contributed by atoms with Crippen LogP contribution in [0.2, 0.25) is 5.02 Å².